The molecule has 2 atom stereocenters. The smallest absolute Gasteiger partial charge is 0.478 e. The average molecular weight is 269 g/mol. The van der Waals surface area contributed by atoms with Crippen LogP contribution in [0.4, 0.5) is 0 Å². The molecule has 7 nitrogen and oxygen atoms in total. The quantitative estimate of drug-likeness (QED) is 0.297. The lowest BCUT2D eigenvalue weighted by atomic mass is 9.79. The Morgan fingerprint density at radius 2 is 1.68 bits per heavy atom. The van der Waals surface area contributed by atoms with Gasteiger partial charge in [-0.25, -0.2) is 4.79 Å². The maximum atomic E-state index is 10.7. The summed E-state index contributed by atoms with van der Waals surface area (Å²) in [5.74, 6) is -1.07. The summed E-state index contributed by atoms with van der Waals surface area (Å²) in [4.78, 5) is 10.7. The molecule has 1 rings (SSSR count). The van der Waals surface area contributed by atoms with Gasteiger partial charge in [-0.15, -0.1) is 5.06 Å². The highest BCUT2D eigenvalue weighted by Gasteiger charge is 2.26. The first-order chi connectivity index (χ1) is 8.82. The van der Waals surface area contributed by atoms with Crippen molar-refractivity contribution >= 4 is 18.6 Å². The molecule has 2 unspecified atom stereocenters. The van der Waals surface area contributed by atoms with Crippen molar-refractivity contribution in [2.24, 2.45) is 0 Å². The van der Waals surface area contributed by atoms with Crippen LogP contribution in [0.25, 0.3) is 0 Å². The highest BCUT2D eigenvalue weighted by atomic mass is 16.7. The number of hydrogen-bond donors (Lipinski definition) is 4. The second kappa shape index (κ2) is 6.64. The molecule has 0 fully saturated rings. The Hall–Kier alpha value is -1.45. The zero-order valence-corrected chi connectivity index (χ0v) is 10.6. The number of aliphatic hydroxyl groups is 2. The van der Waals surface area contributed by atoms with Gasteiger partial charge in [0.1, 0.15) is 12.5 Å². The van der Waals surface area contributed by atoms with E-state index < -0.39 is 25.5 Å². The number of nitrogens with zero attached hydrogens (tertiary/aromatic N) is 1. The molecule has 0 spiro atoms. The minimum Gasteiger partial charge on any atom is -0.478 e. The van der Waals surface area contributed by atoms with Crippen molar-refractivity contribution in [2.75, 3.05) is 0 Å². The Morgan fingerprint density at radius 1 is 1.21 bits per heavy atom. The topological polar surface area (TPSA) is 110 Å². The summed E-state index contributed by atoms with van der Waals surface area (Å²) in [5.41, 5.74) is 0.384. The van der Waals surface area contributed by atoms with Crippen LogP contribution in [0.15, 0.2) is 24.3 Å². The molecule has 104 valence electrons. The molecule has 0 saturated carbocycles. The van der Waals surface area contributed by atoms with Crippen LogP contribution in [-0.2, 0) is 4.76 Å². The molecule has 0 aromatic heterocycles. The largest absolute Gasteiger partial charge is 0.508 e. The lowest BCUT2D eigenvalue weighted by molar-refractivity contribution is -0.244. The van der Waals surface area contributed by atoms with Crippen molar-refractivity contribution in [1.29, 1.82) is 0 Å². The first-order valence-corrected chi connectivity index (χ1v) is 5.65. The van der Waals surface area contributed by atoms with Crippen LogP contribution in [0.1, 0.15) is 24.2 Å². The maximum absolute atomic E-state index is 10.7. The van der Waals surface area contributed by atoms with E-state index >= 15 is 0 Å². The summed E-state index contributed by atoms with van der Waals surface area (Å²) >= 11 is 0. The molecule has 0 aliphatic heterocycles. The Balaban J connectivity index is 2.77. The monoisotopic (exact) mass is 269 g/mol. The Labute approximate surface area is 110 Å². The molecule has 0 heterocycles. The Bertz CT molecular complexity index is 414. The van der Waals surface area contributed by atoms with E-state index in [2.05, 4.69) is 0 Å². The minimum absolute atomic E-state index is 0.0823. The number of rotatable bonds is 6. The predicted octanol–water partition coefficient (Wildman–Crippen LogP) is -1.02. The standard InChI is InChI=1S/C11H16BNO6/c1-7(14)13(8(2)15)19-12(18)10-5-3-9(4-6-10)11(16)17/h3-8,14-15,18H,1-2H3,(H,16,17). The van der Waals surface area contributed by atoms with E-state index in [9.17, 15) is 20.0 Å². The molecule has 0 amide bonds. The average Bonchev–Trinajstić information content (AvgIpc) is 2.34. The molecule has 0 radical (unpaired) electrons. The van der Waals surface area contributed by atoms with E-state index in [4.69, 9.17) is 9.86 Å². The molecule has 0 aliphatic rings. The maximum Gasteiger partial charge on any atom is 0.508 e. The fraction of sp³-hybridized carbons (Fsp3) is 0.364. The van der Waals surface area contributed by atoms with Gasteiger partial charge in [0.2, 0.25) is 0 Å². The SMILES string of the molecule is CC(O)N(OB(O)c1ccc(C(=O)O)cc1)C(C)O. The zero-order chi connectivity index (χ0) is 14.6. The zero-order valence-electron chi connectivity index (χ0n) is 10.6. The Kier molecular flexibility index (Phi) is 5.46. The second-order valence-electron chi connectivity index (χ2n) is 4.01. The molecule has 19 heavy (non-hydrogen) atoms. The van der Waals surface area contributed by atoms with Gasteiger partial charge in [-0.3, -0.25) is 0 Å². The Morgan fingerprint density at radius 3 is 2.05 bits per heavy atom. The summed E-state index contributed by atoms with van der Waals surface area (Å²) in [6.07, 6.45) is -2.24. The van der Waals surface area contributed by atoms with Crippen LogP contribution in [0, 0.1) is 0 Å². The van der Waals surface area contributed by atoms with Gasteiger partial charge in [-0.2, -0.15) is 0 Å². The van der Waals surface area contributed by atoms with Crippen molar-refractivity contribution in [3.63, 3.8) is 0 Å². The fourth-order valence-electron chi connectivity index (χ4n) is 1.45. The number of carboxylic acid groups (broad SMARTS) is 1. The normalized spacial score (nSPS) is 14.2. The molecule has 0 saturated heterocycles. The lowest BCUT2D eigenvalue weighted by Crippen LogP contribution is -2.48. The van der Waals surface area contributed by atoms with E-state index in [1.807, 2.05) is 0 Å². The number of carbonyl (C=O) groups is 1. The van der Waals surface area contributed by atoms with Crippen LogP contribution in [0.2, 0.25) is 0 Å². The van der Waals surface area contributed by atoms with Crippen LogP contribution in [0.3, 0.4) is 0 Å². The third-order valence-corrected chi connectivity index (χ3v) is 2.40. The number of hydrogen-bond acceptors (Lipinski definition) is 6. The van der Waals surface area contributed by atoms with E-state index in [0.29, 0.717) is 5.46 Å². The number of carboxylic acids is 1. The second-order valence-corrected chi connectivity index (χ2v) is 4.01. The van der Waals surface area contributed by atoms with E-state index in [0.717, 1.165) is 5.06 Å². The fourth-order valence-corrected chi connectivity index (χ4v) is 1.45. The third-order valence-electron chi connectivity index (χ3n) is 2.40. The van der Waals surface area contributed by atoms with Crippen LogP contribution in [-0.4, -0.2) is 51.0 Å². The number of hydroxylamine groups is 2. The summed E-state index contributed by atoms with van der Waals surface area (Å²) in [7, 11) is -1.42. The van der Waals surface area contributed by atoms with Crippen LogP contribution >= 0.6 is 0 Å². The van der Waals surface area contributed by atoms with Gasteiger partial charge >= 0.3 is 13.1 Å². The molecular formula is C11H16BNO6. The predicted molar refractivity (Wildman–Crippen MR) is 67.3 cm³/mol. The third kappa shape index (κ3) is 4.30. The highest BCUT2D eigenvalue weighted by Crippen LogP contribution is 2.04. The number of benzene rings is 1. The van der Waals surface area contributed by atoms with Gasteiger partial charge in [0.15, 0.2) is 0 Å². The molecular weight excluding hydrogens is 253 g/mol. The van der Waals surface area contributed by atoms with Crippen LogP contribution < -0.4 is 5.46 Å². The van der Waals surface area contributed by atoms with Crippen molar-refractivity contribution in [3.05, 3.63) is 29.8 Å². The van der Waals surface area contributed by atoms with Gasteiger partial charge in [0.05, 0.1) is 5.56 Å². The summed E-state index contributed by atoms with van der Waals surface area (Å²) in [6.45, 7) is 2.74. The van der Waals surface area contributed by atoms with Gasteiger partial charge in [-0.1, -0.05) is 12.1 Å². The number of aliphatic hydroxyl groups excluding tert-OH is 2. The molecule has 0 aliphatic carbocycles. The van der Waals surface area contributed by atoms with Crippen molar-refractivity contribution in [3.8, 4) is 0 Å². The molecule has 0 bridgehead atoms. The van der Waals surface area contributed by atoms with Gasteiger partial charge in [0, 0.05) is 0 Å². The van der Waals surface area contributed by atoms with E-state index in [1.54, 1.807) is 0 Å². The molecule has 1 aromatic rings. The summed E-state index contributed by atoms with van der Waals surface area (Å²) in [5, 5.41) is 38.0. The summed E-state index contributed by atoms with van der Waals surface area (Å²) < 4.78 is 5.00. The first-order valence-electron chi connectivity index (χ1n) is 5.65. The lowest BCUT2D eigenvalue weighted by Gasteiger charge is -2.28. The van der Waals surface area contributed by atoms with Crippen molar-refractivity contribution in [2.45, 2.75) is 26.3 Å². The van der Waals surface area contributed by atoms with Crippen molar-refractivity contribution < 1.29 is 29.9 Å². The van der Waals surface area contributed by atoms with Gasteiger partial charge < -0.3 is 25.1 Å². The van der Waals surface area contributed by atoms with E-state index in [-0.39, 0.29) is 5.56 Å². The summed E-state index contributed by atoms with van der Waals surface area (Å²) in [6, 6.07) is 5.41. The molecule has 4 N–H and O–H groups in total. The molecule has 8 heteroatoms. The first kappa shape index (κ1) is 15.6. The van der Waals surface area contributed by atoms with Crippen molar-refractivity contribution in [1.82, 2.24) is 5.06 Å². The van der Waals surface area contributed by atoms with E-state index in [1.165, 1.54) is 38.1 Å². The van der Waals surface area contributed by atoms with Crippen LogP contribution in [0.5, 0.6) is 0 Å². The number of aromatic carboxylic acids is 1. The minimum atomic E-state index is -1.42. The van der Waals surface area contributed by atoms with Gasteiger partial charge in [0.25, 0.3) is 0 Å². The highest BCUT2D eigenvalue weighted by molar-refractivity contribution is 6.59. The molecule has 1 aromatic carbocycles. The van der Waals surface area contributed by atoms with Gasteiger partial charge in [-0.05, 0) is 31.4 Å².